The Hall–Kier alpha value is -3.09. The van der Waals surface area contributed by atoms with Gasteiger partial charge in [0.05, 0.1) is 6.54 Å². The molecule has 0 saturated heterocycles. The molecular weight excluding hydrogens is 378 g/mol. The van der Waals surface area contributed by atoms with Crippen molar-refractivity contribution >= 4 is 11.9 Å². The predicted molar refractivity (Wildman–Crippen MR) is 121 cm³/mol. The number of benzene rings is 1. The summed E-state index contributed by atoms with van der Waals surface area (Å²) in [6, 6.07) is 13.8. The summed E-state index contributed by atoms with van der Waals surface area (Å²) < 4.78 is 5.94. The lowest BCUT2D eigenvalue weighted by Gasteiger charge is -2.19. The Bertz CT molecular complexity index is 810. The molecule has 162 valence electrons. The minimum absolute atomic E-state index is 0.0350. The molecule has 30 heavy (non-hydrogen) atoms. The van der Waals surface area contributed by atoms with Gasteiger partial charge in [-0.3, -0.25) is 9.78 Å². The van der Waals surface area contributed by atoms with E-state index in [1.54, 1.807) is 18.1 Å². The molecule has 7 nitrogen and oxygen atoms in total. The molecular formula is C23H33N5O2. The Morgan fingerprint density at radius 1 is 1.23 bits per heavy atom. The number of nitrogens with zero attached hydrogens (tertiary/aromatic N) is 3. The van der Waals surface area contributed by atoms with Crippen molar-refractivity contribution in [3.05, 3.63) is 59.9 Å². The zero-order valence-electron chi connectivity index (χ0n) is 18.4. The van der Waals surface area contributed by atoms with Crippen molar-refractivity contribution in [3.63, 3.8) is 0 Å². The number of amides is 1. The zero-order valence-corrected chi connectivity index (χ0v) is 18.4. The van der Waals surface area contributed by atoms with E-state index in [1.807, 2.05) is 63.2 Å². The van der Waals surface area contributed by atoms with Crippen LogP contribution in [0.2, 0.25) is 0 Å². The van der Waals surface area contributed by atoms with Crippen molar-refractivity contribution in [2.75, 3.05) is 33.2 Å². The molecule has 1 heterocycles. The fraction of sp³-hybridized carbons (Fsp3) is 0.435. The van der Waals surface area contributed by atoms with Gasteiger partial charge < -0.3 is 20.3 Å². The van der Waals surface area contributed by atoms with E-state index in [2.05, 4.69) is 20.6 Å². The summed E-state index contributed by atoms with van der Waals surface area (Å²) in [5.74, 6) is 1.41. The first-order chi connectivity index (χ1) is 14.5. The molecule has 1 aromatic heterocycles. The molecule has 0 aliphatic heterocycles. The van der Waals surface area contributed by atoms with Gasteiger partial charge >= 0.3 is 0 Å². The van der Waals surface area contributed by atoms with Crippen LogP contribution in [0.1, 0.15) is 25.1 Å². The van der Waals surface area contributed by atoms with Crippen molar-refractivity contribution in [2.24, 2.45) is 4.99 Å². The summed E-state index contributed by atoms with van der Waals surface area (Å²) in [4.78, 5) is 22.8. The van der Waals surface area contributed by atoms with Crippen LogP contribution in [0.15, 0.2) is 53.7 Å². The van der Waals surface area contributed by atoms with E-state index in [4.69, 9.17) is 4.74 Å². The van der Waals surface area contributed by atoms with Gasteiger partial charge in [0, 0.05) is 38.4 Å². The van der Waals surface area contributed by atoms with E-state index < -0.39 is 0 Å². The molecule has 2 aromatic rings. The fourth-order valence-corrected chi connectivity index (χ4v) is 2.77. The number of carbonyl (C=O) groups excluding carboxylic acids is 1. The molecule has 7 heteroatoms. The second-order valence-electron chi connectivity index (χ2n) is 7.21. The number of ether oxygens (including phenoxy) is 1. The molecule has 1 unspecified atom stereocenters. The maximum absolute atomic E-state index is 12.4. The third-order valence-corrected chi connectivity index (χ3v) is 4.46. The van der Waals surface area contributed by atoms with Crippen LogP contribution in [0, 0.1) is 6.92 Å². The molecule has 0 spiro atoms. The number of likely N-dealkylation sites (N-methyl/N-ethyl adjacent to an activating group) is 1. The number of carbonyl (C=O) groups is 1. The van der Waals surface area contributed by atoms with E-state index in [-0.39, 0.29) is 18.6 Å². The van der Waals surface area contributed by atoms with Gasteiger partial charge in [-0.2, -0.15) is 0 Å². The average molecular weight is 412 g/mol. The van der Waals surface area contributed by atoms with E-state index in [1.165, 1.54) is 0 Å². The zero-order chi connectivity index (χ0) is 21.8. The van der Waals surface area contributed by atoms with Crippen LogP contribution < -0.4 is 15.4 Å². The number of pyridine rings is 1. The van der Waals surface area contributed by atoms with Gasteiger partial charge in [0.15, 0.2) is 5.96 Å². The van der Waals surface area contributed by atoms with Gasteiger partial charge in [-0.15, -0.1) is 0 Å². The van der Waals surface area contributed by atoms with Crippen LogP contribution in [0.3, 0.4) is 0 Å². The molecule has 1 atom stereocenters. The van der Waals surface area contributed by atoms with Crippen LogP contribution in [0.5, 0.6) is 5.75 Å². The molecule has 1 amide bonds. The third kappa shape index (κ3) is 8.51. The van der Waals surface area contributed by atoms with Crippen LogP contribution in [0.25, 0.3) is 0 Å². The van der Waals surface area contributed by atoms with Crippen molar-refractivity contribution in [1.29, 1.82) is 0 Å². The van der Waals surface area contributed by atoms with Crippen LogP contribution >= 0.6 is 0 Å². The standard InChI is InChI=1S/C23H33N5O2/c1-5-24-23(26-16-19(3)30-21-11-8-9-18(2)15-21)27-17-22(29)28(4)14-12-20-10-6-7-13-25-20/h6-11,13,15,19H,5,12,14,16-17H2,1-4H3,(H2,24,26,27). The van der Waals surface area contributed by atoms with Crippen LogP contribution in [-0.4, -0.2) is 61.1 Å². The number of rotatable bonds is 10. The minimum atomic E-state index is -0.0487. The quantitative estimate of drug-likeness (QED) is 0.464. The second kappa shape index (κ2) is 12.5. The lowest BCUT2D eigenvalue weighted by Crippen LogP contribution is -2.42. The smallest absolute Gasteiger partial charge is 0.244 e. The van der Waals surface area contributed by atoms with Crippen LogP contribution in [-0.2, 0) is 11.2 Å². The van der Waals surface area contributed by atoms with Crippen LogP contribution in [0.4, 0.5) is 0 Å². The number of aliphatic imine (C=N–C) groups is 1. The summed E-state index contributed by atoms with van der Waals surface area (Å²) in [7, 11) is 1.79. The van der Waals surface area contributed by atoms with Gasteiger partial charge in [0.25, 0.3) is 0 Å². The van der Waals surface area contributed by atoms with E-state index >= 15 is 0 Å². The van der Waals surface area contributed by atoms with Gasteiger partial charge in [-0.25, -0.2) is 4.99 Å². The van der Waals surface area contributed by atoms with Crippen molar-refractivity contribution < 1.29 is 9.53 Å². The van der Waals surface area contributed by atoms with E-state index in [0.29, 0.717) is 25.6 Å². The van der Waals surface area contributed by atoms with E-state index in [0.717, 1.165) is 23.4 Å². The SMILES string of the molecule is CCNC(=NCC(=O)N(C)CCc1ccccn1)NCC(C)Oc1cccc(C)c1. The molecule has 2 rings (SSSR count). The third-order valence-electron chi connectivity index (χ3n) is 4.46. The summed E-state index contributed by atoms with van der Waals surface area (Å²) >= 11 is 0. The van der Waals surface area contributed by atoms with Gasteiger partial charge in [0.2, 0.25) is 5.91 Å². The molecule has 2 N–H and O–H groups in total. The first-order valence-corrected chi connectivity index (χ1v) is 10.4. The molecule has 0 fully saturated rings. The first kappa shape index (κ1) is 23.2. The molecule has 0 bridgehead atoms. The second-order valence-corrected chi connectivity index (χ2v) is 7.21. The summed E-state index contributed by atoms with van der Waals surface area (Å²) in [6.07, 6.45) is 2.44. The number of aromatic nitrogens is 1. The Balaban J connectivity index is 1.79. The number of hydrogen-bond acceptors (Lipinski definition) is 4. The highest BCUT2D eigenvalue weighted by molar-refractivity contribution is 5.84. The number of hydrogen-bond donors (Lipinski definition) is 2. The highest BCUT2D eigenvalue weighted by Gasteiger charge is 2.10. The van der Waals surface area contributed by atoms with Gasteiger partial charge in [-0.1, -0.05) is 18.2 Å². The summed E-state index contributed by atoms with van der Waals surface area (Å²) in [5.41, 5.74) is 2.13. The van der Waals surface area contributed by atoms with Gasteiger partial charge in [-0.05, 0) is 50.6 Å². The minimum Gasteiger partial charge on any atom is -0.489 e. The monoisotopic (exact) mass is 411 g/mol. The molecule has 1 aromatic carbocycles. The van der Waals surface area contributed by atoms with Crippen molar-refractivity contribution in [1.82, 2.24) is 20.5 Å². The number of guanidine groups is 1. The Labute approximate surface area is 179 Å². The van der Waals surface area contributed by atoms with E-state index in [9.17, 15) is 4.79 Å². The Kier molecular flexibility index (Phi) is 9.64. The van der Waals surface area contributed by atoms with Gasteiger partial charge in [0.1, 0.15) is 18.4 Å². The number of aryl methyl sites for hydroxylation is 1. The lowest BCUT2D eigenvalue weighted by atomic mass is 10.2. The average Bonchev–Trinajstić information content (AvgIpc) is 2.74. The fourth-order valence-electron chi connectivity index (χ4n) is 2.77. The molecule has 0 aliphatic carbocycles. The highest BCUT2D eigenvalue weighted by Crippen LogP contribution is 2.13. The topological polar surface area (TPSA) is 78.9 Å². The Morgan fingerprint density at radius 2 is 2.07 bits per heavy atom. The summed E-state index contributed by atoms with van der Waals surface area (Å²) in [6.45, 7) is 8.00. The van der Waals surface area contributed by atoms with Crippen molar-refractivity contribution in [2.45, 2.75) is 33.3 Å². The van der Waals surface area contributed by atoms with Crippen molar-refractivity contribution in [3.8, 4) is 5.75 Å². The number of nitrogens with one attached hydrogen (secondary N) is 2. The maximum atomic E-state index is 12.4. The normalized spacial score (nSPS) is 12.2. The highest BCUT2D eigenvalue weighted by atomic mass is 16.5. The predicted octanol–water partition coefficient (Wildman–Crippen LogP) is 2.41. The largest absolute Gasteiger partial charge is 0.489 e. The Morgan fingerprint density at radius 3 is 2.77 bits per heavy atom. The molecule has 0 saturated carbocycles. The maximum Gasteiger partial charge on any atom is 0.244 e. The first-order valence-electron chi connectivity index (χ1n) is 10.4. The molecule has 0 aliphatic rings. The summed E-state index contributed by atoms with van der Waals surface area (Å²) in [5, 5.41) is 6.41. The lowest BCUT2D eigenvalue weighted by molar-refractivity contribution is -0.128. The molecule has 0 radical (unpaired) electrons.